The highest BCUT2D eigenvalue weighted by Crippen LogP contribution is 2.28. The van der Waals surface area contributed by atoms with Crippen LogP contribution in [0, 0.1) is 13.8 Å². The predicted octanol–water partition coefficient (Wildman–Crippen LogP) is 3.48. The quantitative estimate of drug-likeness (QED) is 0.696. The van der Waals surface area contributed by atoms with E-state index in [2.05, 4.69) is 50.0 Å². The van der Waals surface area contributed by atoms with Gasteiger partial charge in [-0.15, -0.1) is 0 Å². The molecule has 1 heterocycles. The van der Waals surface area contributed by atoms with Gasteiger partial charge in [0.1, 0.15) is 0 Å². The van der Waals surface area contributed by atoms with Crippen LogP contribution in [0.2, 0.25) is 0 Å². The molecule has 0 spiro atoms. The van der Waals surface area contributed by atoms with Crippen molar-refractivity contribution in [3.05, 3.63) is 29.0 Å². The van der Waals surface area contributed by atoms with E-state index in [0.717, 1.165) is 11.2 Å². The van der Waals surface area contributed by atoms with Gasteiger partial charge in [-0.25, -0.2) is 0 Å². The Morgan fingerprint density at radius 3 is 2.40 bits per heavy atom. The van der Waals surface area contributed by atoms with E-state index >= 15 is 0 Å². The molecule has 1 N–H and O–H groups in total. The molecule has 1 aromatic heterocycles. The highest BCUT2D eigenvalue weighted by atomic mass is 15.1. The van der Waals surface area contributed by atoms with Gasteiger partial charge in [-0.2, -0.15) is 5.10 Å². The molecule has 15 heavy (non-hydrogen) atoms. The molecule has 0 aliphatic heterocycles. The Balaban J connectivity index is 2.74. The summed E-state index contributed by atoms with van der Waals surface area (Å²) in [6.07, 6.45) is 0. The van der Waals surface area contributed by atoms with Gasteiger partial charge in [0.2, 0.25) is 0 Å². The molecular weight excluding hydrogens is 184 g/mol. The van der Waals surface area contributed by atoms with Crippen LogP contribution in [0.25, 0.3) is 10.9 Å². The summed E-state index contributed by atoms with van der Waals surface area (Å²) in [6, 6.07) is 4.48. The molecule has 80 valence electrons. The molecule has 0 radical (unpaired) electrons. The fourth-order valence-corrected chi connectivity index (χ4v) is 1.99. The normalized spacial score (nSPS) is 12.3. The van der Waals surface area contributed by atoms with Crippen molar-refractivity contribution >= 4 is 10.9 Å². The fraction of sp³-hybridized carbons (Fsp3) is 0.462. The van der Waals surface area contributed by atoms with Crippen molar-refractivity contribution < 1.29 is 0 Å². The number of benzene rings is 1. The van der Waals surface area contributed by atoms with Crippen molar-refractivity contribution in [2.24, 2.45) is 0 Å². The van der Waals surface area contributed by atoms with E-state index in [9.17, 15) is 0 Å². The van der Waals surface area contributed by atoms with Crippen molar-refractivity contribution in [3.63, 3.8) is 0 Å². The lowest BCUT2D eigenvalue weighted by Gasteiger charge is -2.19. The van der Waals surface area contributed by atoms with Crippen LogP contribution in [0.1, 0.15) is 37.6 Å². The number of nitrogens with one attached hydrogen (secondary N) is 1. The SMILES string of the molecule is Cc1cc(C(C)(C)C)cc2[nH]nc(C)c12. The summed E-state index contributed by atoms with van der Waals surface area (Å²) < 4.78 is 0. The van der Waals surface area contributed by atoms with E-state index in [1.165, 1.54) is 16.5 Å². The Morgan fingerprint density at radius 2 is 1.80 bits per heavy atom. The molecule has 0 amide bonds. The van der Waals surface area contributed by atoms with E-state index in [1.807, 2.05) is 6.92 Å². The number of aromatic nitrogens is 2. The van der Waals surface area contributed by atoms with Crippen LogP contribution >= 0.6 is 0 Å². The Labute approximate surface area is 90.7 Å². The summed E-state index contributed by atoms with van der Waals surface area (Å²) in [7, 11) is 0. The second kappa shape index (κ2) is 3.09. The summed E-state index contributed by atoms with van der Waals surface area (Å²) in [6.45, 7) is 10.9. The van der Waals surface area contributed by atoms with Crippen LogP contribution in [0.5, 0.6) is 0 Å². The maximum Gasteiger partial charge on any atom is 0.0672 e. The molecule has 0 saturated carbocycles. The fourth-order valence-electron chi connectivity index (χ4n) is 1.99. The number of H-pyrrole nitrogens is 1. The maximum atomic E-state index is 4.25. The predicted molar refractivity (Wildman–Crippen MR) is 64.3 cm³/mol. The van der Waals surface area contributed by atoms with E-state index in [-0.39, 0.29) is 5.41 Å². The minimum Gasteiger partial charge on any atom is -0.278 e. The van der Waals surface area contributed by atoms with Gasteiger partial charge in [-0.05, 0) is 36.5 Å². The first-order valence-electron chi connectivity index (χ1n) is 5.35. The number of rotatable bonds is 0. The number of hydrogen-bond donors (Lipinski definition) is 1. The number of nitrogens with zero attached hydrogens (tertiary/aromatic N) is 1. The van der Waals surface area contributed by atoms with Gasteiger partial charge in [-0.1, -0.05) is 26.8 Å². The first-order chi connectivity index (χ1) is 6.89. The molecule has 2 nitrogen and oxygen atoms in total. The average molecular weight is 202 g/mol. The largest absolute Gasteiger partial charge is 0.278 e. The molecule has 0 fully saturated rings. The zero-order valence-corrected chi connectivity index (χ0v) is 10.1. The average Bonchev–Trinajstić information content (AvgIpc) is 2.46. The number of hydrogen-bond acceptors (Lipinski definition) is 1. The standard InChI is InChI=1S/C13H18N2/c1-8-6-10(13(3,4)5)7-11-12(8)9(2)14-15-11/h6-7H,1-5H3,(H,14,15). The van der Waals surface area contributed by atoms with Gasteiger partial charge in [0.25, 0.3) is 0 Å². The van der Waals surface area contributed by atoms with Gasteiger partial charge in [0, 0.05) is 5.39 Å². The van der Waals surface area contributed by atoms with E-state index in [4.69, 9.17) is 0 Å². The molecule has 0 unspecified atom stereocenters. The van der Waals surface area contributed by atoms with Crippen LogP contribution in [-0.2, 0) is 5.41 Å². The minimum atomic E-state index is 0.192. The molecule has 0 atom stereocenters. The lowest BCUT2D eigenvalue weighted by atomic mass is 9.85. The number of fused-ring (bicyclic) bond motifs is 1. The summed E-state index contributed by atoms with van der Waals surface area (Å²) in [5.41, 5.74) is 5.10. The third kappa shape index (κ3) is 1.65. The molecular formula is C13H18N2. The van der Waals surface area contributed by atoms with Crippen LogP contribution in [0.15, 0.2) is 12.1 Å². The van der Waals surface area contributed by atoms with Crippen molar-refractivity contribution in [2.75, 3.05) is 0 Å². The minimum absolute atomic E-state index is 0.192. The summed E-state index contributed by atoms with van der Waals surface area (Å²) in [4.78, 5) is 0. The second-order valence-electron chi connectivity index (χ2n) is 5.27. The van der Waals surface area contributed by atoms with Crippen LogP contribution in [0.3, 0.4) is 0 Å². The van der Waals surface area contributed by atoms with Crippen molar-refractivity contribution in [1.82, 2.24) is 10.2 Å². The van der Waals surface area contributed by atoms with Gasteiger partial charge in [-0.3, -0.25) is 5.10 Å². The van der Waals surface area contributed by atoms with E-state index in [1.54, 1.807) is 0 Å². The Bertz CT molecular complexity index is 501. The van der Waals surface area contributed by atoms with Crippen LogP contribution in [-0.4, -0.2) is 10.2 Å². The molecule has 0 bridgehead atoms. The van der Waals surface area contributed by atoms with Gasteiger partial charge >= 0.3 is 0 Å². The van der Waals surface area contributed by atoms with Crippen molar-refractivity contribution in [3.8, 4) is 0 Å². The summed E-state index contributed by atoms with van der Waals surface area (Å²) in [5.74, 6) is 0. The van der Waals surface area contributed by atoms with Crippen molar-refractivity contribution in [2.45, 2.75) is 40.0 Å². The van der Waals surface area contributed by atoms with Crippen LogP contribution in [0.4, 0.5) is 0 Å². The second-order valence-corrected chi connectivity index (χ2v) is 5.27. The first-order valence-corrected chi connectivity index (χ1v) is 5.35. The van der Waals surface area contributed by atoms with E-state index in [0.29, 0.717) is 0 Å². The third-order valence-electron chi connectivity index (χ3n) is 2.91. The van der Waals surface area contributed by atoms with E-state index < -0.39 is 0 Å². The first kappa shape index (κ1) is 10.2. The van der Waals surface area contributed by atoms with Crippen LogP contribution < -0.4 is 0 Å². The highest BCUT2D eigenvalue weighted by Gasteiger charge is 2.16. The Hall–Kier alpha value is -1.31. The zero-order chi connectivity index (χ0) is 11.2. The zero-order valence-electron chi connectivity index (χ0n) is 10.1. The van der Waals surface area contributed by atoms with Gasteiger partial charge in [0.15, 0.2) is 0 Å². The molecule has 2 heteroatoms. The molecule has 2 aromatic rings. The molecule has 0 aliphatic carbocycles. The molecule has 2 rings (SSSR count). The topological polar surface area (TPSA) is 28.7 Å². The third-order valence-corrected chi connectivity index (χ3v) is 2.91. The lowest BCUT2D eigenvalue weighted by molar-refractivity contribution is 0.590. The Morgan fingerprint density at radius 1 is 1.13 bits per heavy atom. The summed E-state index contributed by atoms with van der Waals surface area (Å²) in [5, 5.41) is 8.61. The maximum absolute atomic E-state index is 4.25. The Kier molecular flexibility index (Phi) is 2.10. The van der Waals surface area contributed by atoms with Gasteiger partial charge < -0.3 is 0 Å². The smallest absolute Gasteiger partial charge is 0.0672 e. The summed E-state index contributed by atoms with van der Waals surface area (Å²) >= 11 is 0. The van der Waals surface area contributed by atoms with Crippen molar-refractivity contribution in [1.29, 1.82) is 0 Å². The monoisotopic (exact) mass is 202 g/mol. The number of aryl methyl sites for hydroxylation is 2. The van der Waals surface area contributed by atoms with Gasteiger partial charge in [0.05, 0.1) is 11.2 Å². The number of aromatic amines is 1. The lowest BCUT2D eigenvalue weighted by Crippen LogP contribution is -2.11. The highest BCUT2D eigenvalue weighted by molar-refractivity contribution is 5.85. The molecule has 0 aliphatic rings. The molecule has 0 saturated heterocycles. The molecule has 1 aromatic carbocycles.